The summed E-state index contributed by atoms with van der Waals surface area (Å²) in [5.74, 6) is 0.253. The zero-order chi connectivity index (χ0) is 21.3. The van der Waals surface area contributed by atoms with Crippen molar-refractivity contribution in [3.8, 4) is 0 Å². The molecule has 1 aliphatic rings. The van der Waals surface area contributed by atoms with E-state index in [1.807, 2.05) is 44.2 Å². The Hall–Kier alpha value is -2.97. The molecule has 0 saturated carbocycles. The van der Waals surface area contributed by atoms with Crippen molar-refractivity contribution in [2.24, 2.45) is 0 Å². The number of nitrogens with zero attached hydrogens (tertiary/aromatic N) is 3. The highest BCUT2D eigenvalue weighted by Crippen LogP contribution is 2.32. The van der Waals surface area contributed by atoms with Gasteiger partial charge in [-0.3, -0.25) is 18.9 Å². The Balaban J connectivity index is 1.78. The molecule has 0 spiro atoms. The molecular formula is C22H20N4O2S2. The summed E-state index contributed by atoms with van der Waals surface area (Å²) in [6.07, 6.45) is 3.27. The SMILES string of the molecule is CCN1C(=O)/C(=C/c2c(NCc3ccc(C)cc3)nc3ccccn3c2=O)SC1=S. The van der Waals surface area contributed by atoms with Crippen molar-refractivity contribution in [2.45, 2.75) is 20.4 Å². The van der Waals surface area contributed by atoms with Crippen molar-refractivity contribution in [1.82, 2.24) is 14.3 Å². The van der Waals surface area contributed by atoms with Crippen molar-refractivity contribution >= 4 is 51.7 Å². The Morgan fingerprint density at radius 3 is 2.63 bits per heavy atom. The van der Waals surface area contributed by atoms with E-state index in [1.165, 1.54) is 26.6 Å². The predicted molar refractivity (Wildman–Crippen MR) is 126 cm³/mol. The monoisotopic (exact) mass is 436 g/mol. The molecule has 4 rings (SSSR count). The molecule has 2 aromatic heterocycles. The van der Waals surface area contributed by atoms with Gasteiger partial charge in [-0.1, -0.05) is 59.9 Å². The molecule has 1 aliphatic heterocycles. The fourth-order valence-electron chi connectivity index (χ4n) is 3.16. The Labute approximate surface area is 183 Å². The van der Waals surface area contributed by atoms with Crippen LogP contribution in [0.15, 0.2) is 58.4 Å². The normalized spacial score (nSPS) is 15.4. The maximum Gasteiger partial charge on any atom is 0.267 e. The first-order valence-corrected chi connectivity index (χ1v) is 10.8. The van der Waals surface area contributed by atoms with Crippen LogP contribution < -0.4 is 10.9 Å². The van der Waals surface area contributed by atoms with Gasteiger partial charge >= 0.3 is 0 Å². The van der Waals surface area contributed by atoms with Gasteiger partial charge in [-0.15, -0.1) is 0 Å². The number of fused-ring (bicyclic) bond motifs is 1. The minimum Gasteiger partial charge on any atom is -0.365 e. The number of amides is 1. The second-order valence-corrected chi connectivity index (χ2v) is 8.55. The van der Waals surface area contributed by atoms with Gasteiger partial charge in [0.2, 0.25) is 0 Å². The predicted octanol–water partition coefficient (Wildman–Crippen LogP) is 3.84. The van der Waals surface area contributed by atoms with Gasteiger partial charge in [0.1, 0.15) is 15.8 Å². The maximum atomic E-state index is 13.2. The van der Waals surface area contributed by atoms with Crippen LogP contribution in [0.3, 0.4) is 0 Å². The Kier molecular flexibility index (Phi) is 5.69. The van der Waals surface area contributed by atoms with Crippen LogP contribution in [0.5, 0.6) is 0 Å². The Morgan fingerprint density at radius 2 is 1.93 bits per heavy atom. The number of nitrogens with one attached hydrogen (secondary N) is 1. The third kappa shape index (κ3) is 3.88. The van der Waals surface area contributed by atoms with Crippen molar-refractivity contribution < 1.29 is 4.79 Å². The number of carbonyl (C=O) groups is 1. The second kappa shape index (κ2) is 8.41. The van der Waals surface area contributed by atoms with Crippen LogP contribution >= 0.6 is 24.0 Å². The maximum absolute atomic E-state index is 13.2. The number of rotatable bonds is 5. The molecule has 1 amide bonds. The van der Waals surface area contributed by atoms with Crippen LogP contribution in [-0.4, -0.2) is 31.1 Å². The number of aryl methyl sites for hydroxylation is 1. The summed E-state index contributed by atoms with van der Waals surface area (Å²) in [6.45, 7) is 4.91. The van der Waals surface area contributed by atoms with Crippen LogP contribution in [-0.2, 0) is 11.3 Å². The van der Waals surface area contributed by atoms with Gasteiger partial charge in [-0.2, -0.15) is 0 Å². The molecule has 0 atom stereocenters. The average Bonchev–Trinajstić information content (AvgIpc) is 3.02. The lowest BCUT2D eigenvalue weighted by molar-refractivity contribution is -0.121. The third-order valence-corrected chi connectivity index (χ3v) is 6.19. The number of hydrogen-bond acceptors (Lipinski definition) is 6. The molecule has 3 aromatic rings. The lowest BCUT2D eigenvalue weighted by atomic mass is 10.1. The summed E-state index contributed by atoms with van der Waals surface area (Å²) in [5.41, 5.74) is 2.88. The van der Waals surface area contributed by atoms with Gasteiger partial charge in [0.15, 0.2) is 0 Å². The molecule has 0 aliphatic carbocycles. The van der Waals surface area contributed by atoms with E-state index in [4.69, 9.17) is 12.2 Å². The van der Waals surface area contributed by atoms with Gasteiger partial charge in [0, 0.05) is 19.3 Å². The molecule has 1 saturated heterocycles. The van der Waals surface area contributed by atoms with Crippen molar-refractivity contribution in [1.29, 1.82) is 0 Å². The van der Waals surface area contributed by atoms with E-state index in [0.29, 0.717) is 39.3 Å². The van der Waals surface area contributed by atoms with E-state index in [-0.39, 0.29) is 11.5 Å². The molecule has 8 heteroatoms. The van der Waals surface area contributed by atoms with Gasteiger partial charge < -0.3 is 5.32 Å². The summed E-state index contributed by atoms with van der Waals surface area (Å²) in [7, 11) is 0. The molecule has 3 heterocycles. The summed E-state index contributed by atoms with van der Waals surface area (Å²) in [6, 6.07) is 13.5. The van der Waals surface area contributed by atoms with Gasteiger partial charge in [0.25, 0.3) is 11.5 Å². The molecule has 1 fully saturated rings. The third-order valence-electron chi connectivity index (χ3n) is 4.81. The minimum atomic E-state index is -0.242. The number of carbonyl (C=O) groups excluding carboxylic acids is 1. The smallest absolute Gasteiger partial charge is 0.267 e. The quantitative estimate of drug-likeness (QED) is 0.484. The molecule has 1 aromatic carbocycles. The van der Waals surface area contributed by atoms with Crippen LogP contribution in [0.4, 0.5) is 5.82 Å². The highest BCUT2D eigenvalue weighted by atomic mass is 32.2. The Bertz CT molecular complexity index is 1230. The fourth-order valence-corrected chi connectivity index (χ4v) is 4.53. The number of aromatic nitrogens is 2. The number of likely N-dealkylation sites (N-methyl/N-ethyl adjacent to an activating group) is 1. The van der Waals surface area contributed by atoms with E-state index < -0.39 is 0 Å². The number of pyridine rings is 1. The summed E-state index contributed by atoms with van der Waals surface area (Å²) in [4.78, 5) is 32.4. The molecule has 152 valence electrons. The standard InChI is InChI=1S/C22H20N4O2S2/c1-3-25-21(28)17(30-22(25)29)12-16-19(23-13-15-9-7-14(2)8-10-15)24-18-6-4-5-11-26(18)20(16)27/h4-12,23H,3,13H2,1-2H3/b17-12-. The highest BCUT2D eigenvalue weighted by molar-refractivity contribution is 8.26. The molecule has 0 radical (unpaired) electrons. The van der Waals surface area contributed by atoms with Crippen LogP contribution in [0.1, 0.15) is 23.6 Å². The molecule has 0 unspecified atom stereocenters. The first-order chi connectivity index (χ1) is 14.5. The number of hydrogen-bond donors (Lipinski definition) is 1. The largest absolute Gasteiger partial charge is 0.365 e. The molecule has 1 N–H and O–H groups in total. The average molecular weight is 437 g/mol. The van der Waals surface area contributed by atoms with E-state index in [1.54, 1.807) is 24.4 Å². The minimum absolute atomic E-state index is 0.186. The second-order valence-electron chi connectivity index (χ2n) is 6.87. The lowest BCUT2D eigenvalue weighted by Gasteiger charge is -2.12. The summed E-state index contributed by atoms with van der Waals surface area (Å²) < 4.78 is 1.97. The zero-order valence-electron chi connectivity index (χ0n) is 16.6. The number of thiocarbonyl (C=S) groups is 1. The van der Waals surface area contributed by atoms with E-state index in [0.717, 1.165) is 5.56 Å². The van der Waals surface area contributed by atoms with Crippen LogP contribution in [0, 0.1) is 6.92 Å². The molecule has 6 nitrogen and oxygen atoms in total. The van der Waals surface area contributed by atoms with Crippen molar-refractivity contribution in [3.05, 3.63) is 80.6 Å². The van der Waals surface area contributed by atoms with E-state index in [2.05, 4.69) is 10.3 Å². The lowest BCUT2D eigenvalue weighted by Crippen LogP contribution is -2.27. The molecular weight excluding hydrogens is 416 g/mol. The molecule has 0 bridgehead atoms. The van der Waals surface area contributed by atoms with Crippen LogP contribution in [0.25, 0.3) is 11.7 Å². The van der Waals surface area contributed by atoms with Crippen LogP contribution in [0.2, 0.25) is 0 Å². The van der Waals surface area contributed by atoms with Crippen molar-refractivity contribution in [3.63, 3.8) is 0 Å². The van der Waals surface area contributed by atoms with E-state index >= 15 is 0 Å². The van der Waals surface area contributed by atoms with Gasteiger partial charge in [-0.05, 0) is 37.6 Å². The van der Waals surface area contributed by atoms with Crippen molar-refractivity contribution in [2.75, 3.05) is 11.9 Å². The number of thioether (sulfide) groups is 1. The van der Waals surface area contributed by atoms with E-state index in [9.17, 15) is 9.59 Å². The number of benzene rings is 1. The molecule has 30 heavy (non-hydrogen) atoms. The van der Waals surface area contributed by atoms with Gasteiger partial charge in [-0.25, -0.2) is 4.98 Å². The zero-order valence-corrected chi connectivity index (χ0v) is 18.2. The van der Waals surface area contributed by atoms with Gasteiger partial charge in [0.05, 0.1) is 10.5 Å². The Morgan fingerprint density at radius 1 is 1.17 bits per heavy atom. The summed E-state index contributed by atoms with van der Waals surface area (Å²) >= 11 is 6.50. The first kappa shape index (κ1) is 20.3. The first-order valence-electron chi connectivity index (χ1n) is 9.54. The topological polar surface area (TPSA) is 66.7 Å². The number of anilines is 1. The highest BCUT2D eigenvalue weighted by Gasteiger charge is 2.31. The fraction of sp³-hybridized carbons (Fsp3) is 0.182. The summed E-state index contributed by atoms with van der Waals surface area (Å²) in [5, 5.41) is 3.27.